The van der Waals surface area contributed by atoms with E-state index in [2.05, 4.69) is 15.6 Å². The van der Waals surface area contributed by atoms with Gasteiger partial charge >= 0.3 is 0 Å². The minimum absolute atomic E-state index is 0. The fourth-order valence-corrected chi connectivity index (χ4v) is 2.66. The van der Waals surface area contributed by atoms with Gasteiger partial charge in [-0.05, 0) is 55.8 Å². The van der Waals surface area contributed by atoms with E-state index >= 15 is 0 Å². The van der Waals surface area contributed by atoms with Gasteiger partial charge in [0.15, 0.2) is 17.5 Å². The summed E-state index contributed by atoms with van der Waals surface area (Å²) in [6.07, 6.45) is -0.0340. The predicted octanol–water partition coefficient (Wildman–Crippen LogP) is 3.85. The molecule has 7 nitrogen and oxygen atoms in total. The van der Waals surface area contributed by atoms with Crippen LogP contribution in [0.15, 0.2) is 47.5 Å². The van der Waals surface area contributed by atoms with Crippen molar-refractivity contribution >= 4 is 29.9 Å². The molecule has 2 rings (SSSR count). The quantitative estimate of drug-likeness (QED) is 0.277. The molecule has 2 N–H and O–H groups in total. The van der Waals surface area contributed by atoms with E-state index < -0.39 is 0 Å². The summed E-state index contributed by atoms with van der Waals surface area (Å²) in [7, 11) is 4.89. The highest BCUT2D eigenvalue weighted by Gasteiger charge is 2.07. The first kappa shape index (κ1) is 25.7. The van der Waals surface area contributed by atoms with Gasteiger partial charge in [0.05, 0.1) is 34.4 Å². The molecule has 0 aliphatic rings. The maximum absolute atomic E-state index is 5.93. The molecule has 2 aromatic carbocycles. The van der Waals surface area contributed by atoms with Crippen molar-refractivity contribution in [2.75, 3.05) is 34.4 Å². The molecule has 0 spiro atoms. The van der Waals surface area contributed by atoms with Crippen LogP contribution in [-0.4, -0.2) is 46.5 Å². The number of guanidine groups is 1. The van der Waals surface area contributed by atoms with E-state index in [0.29, 0.717) is 24.6 Å². The molecular formula is C22H32IN3O4. The van der Waals surface area contributed by atoms with Crippen molar-refractivity contribution in [3.8, 4) is 23.0 Å². The molecule has 0 saturated carbocycles. The highest BCUT2D eigenvalue weighted by Crippen LogP contribution is 2.27. The van der Waals surface area contributed by atoms with Crippen molar-refractivity contribution in [3.05, 3.63) is 48.0 Å². The molecule has 8 heteroatoms. The number of halogens is 1. The lowest BCUT2D eigenvalue weighted by Crippen LogP contribution is -2.41. The van der Waals surface area contributed by atoms with Crippen LogP contribution in [0.25, 0.3) is 0 Å². The normalized spacial score (nSPS) is 11.7. The van der Waals surface area contributed by atoms with Crippen LogP contribution in [0.2, 0.25) is 0 Å². The van der Waals surface area contributed by atoms with Crippen molar-refractivity contribution in [2.45, 2.75) is 26.5 Å². The number of methoxy groups -OCH3 is 3. The summed E-state index contributed by atoms with van der Waals surface area (Å²) in [5.41, 5.74) is 1.03. The van der Waals surface area contributed by atoms with Crippen LogP contribution in [0, 0.1) is 0 Å². The molecule has 1 atom stereocenters. The van der Waals surface area contributed by atoms with E-state index in [0.717, 1.165) is 29.6 Å². The van der Waals surface area contributed by atoms with Crippen LogP contribution < -0.4 is 29.6 Å². The molecular weight excluding hydrogens is 497 g/mol. The monoisotopic (exact) mass is 529 g/mol. The summed E-state index contributed by atoms with van der Waals surface area (Å²) in [4.78, 5) is 4.64. The Balaban J connectivity index is 0.00000450. The minimum Gasteiger partial charge on any atom is -0.497 e. The summed E-state index contributed by atoms with van der Waals surface area (Å²) < 4.78 is 21.7. The standard InChI is InChI=1S/C22H31N3O4.HI/c1-6-23-22(25-15-17-7-12-20(27-4)21(13-17)28-5)24-14-16(2)29-19-10-8-18(26-3)9-11-19;/h7-13,16H,6,14-15H2,1-5H3,(H2,23,24,25);1H. The molecule has 0 radical (unpaired) electrons. The van der Waals surface area contributed by atoms with Gasteiger partial charge in [0.25, 0.3) is 0 Å². The number of hydrogen-bond acceptors (Lipinski definition) is 5. The van der Waals surface area contributed by atoms with Crippen LogP contribution in [0.5, 0.6) is 23.0 Å². The number of rotatable bonds is 10. The Kier molecular flexibility index (Phi) is 11.8. The maximum Gasteiger partial charge on any atom is 0.191 e. The Morgan fingerprint density at radius 1 is 0.900 bits per heavy atom. The van der Waals surface area contributed by atoms with E-state index in [1.165, 1.54) is 0 Å². The number of ether oxygens (including phenoxy) is 4. The molecule has 0 bridgehead atoms. The van der Waals surface area contributed by atoms with Gasteiger partial charge in [0.2, 0.25) is 0 Å². The van der Waals surface area contributed by atoms with Gasteiger partial charge in [-0.25, -0.2) is 4.99 Å². The summed E-state index contributed by atoms with van der Waals surface area (Å²) in [5, 5.41) is 6.57. The average molecular weight is 529 g/mol. The first-order valence-electron chi connectivity index (χ1n) is 9.63. The van der Waals surface area contributed by atoms with E-state index in [1.54, 1.807) is 21.3 Å². The molecule has 0 aliphatic heterocycles. The summed E-state index contributed by atoms with van der Waals surface area (Å²) >= 11 is 0. The molecule has 0 amide bonds. The minimum atomic E-state index is -0.0340. The molecule has 0 heterocycles. The number of hydrogen-bond donors (Lipinski definition) is 2. The van der Waals surface area contributed by atoms with E-state index in [4.69, 9.17) is 18.9 Å². The van der Waals surface area contributed by atoms with E-state index in [-0.39, 0.29) is 30.1 Å². The van der Waals surface area contributed by atoms with Crippen molar-refractivity contribution < 1.29 is 18.9 Å². The topological polar surface area (TPSA) is 73.3 Å². The first-order valence-corrected chi connectivity index (χ1v) is 9.63. The summed E-state index contributed by atoms with van der Waals surface area (Å²) in [6.45, 7) is 5.94. The third-order valence-electron chi connectivity index (χ3n) is 4.17. The Morgan fingerprint density at radius 2 is 1.57 bits per heavy atom. The zero-order valence-electron chi connectivity index (χ0n) is 18.2. The highest BCUT2D eigenvalue weighted by molar-refractivity contribution is 14.0. The Morgan fingerprint density at radius 3 is 2.17 bits per heavy atom. The Labute approximate surface area is 196 Å². The molecule has 2 aromatic rings. The lowest BCUT2D eigenvalue weighted by Gasteiger charge is -2.18. The van der Waals surface area contributed by atoms with Crippen molar-refractivity contribution in [1.82, 2.24) is 10.6 Å². The van der Waals surface area contributed by atoms with E-state index in [9.17, 15) is 0 Å². The van der Waals surface area contributed by atoms with Gasteiger partial charge in [0, 0.05) is 6.54 Å². The maximum atomic E-state index is 5.93. The number of nitrogens with one attached hydrogen (secondary N) is 2. The average Bonchev–Trinajstić information content (AvgIpc) is 2.75. The molecule has 30 heavy (non-hydrogen) atoms. The third-order valence-corrected chi connectivity index (χ3v) is 4.17. The van der Waals surface area contributed by atoms with E-state index in [1.807, 2.05) is 56.3 Å². The van der Waals surface area contributed by atoms with Gasteiger partial charge in [-0.3, -0.25) is 0 Å². The van der Waals surface area contributed by atoms with Crippen molar-refractivity contribution in [3.63, 3.8) is 0 Å². The Bertz CT molecular complexity index is 784. The largest absolute Gasteiger partial charge is 0.497 e. The van der Waals surface area contributed by atoms with Crippen LogP contribution in [0.1, 0.15) is 19.4 Å². The summed E-state index contributed by atoms with van der Waals surface area (Å²) in [5.74, 6) is 3.73. The van der Waals surface area contributed by atoms with Gasteiger partial charge in [-0.2, -0.15) is 0 Å². The van der Waals surface area contributed by atoms with Crippen molar-refractivity contribution in [2.24, 2.45) is 4.99 Å². The molecule has 0 fully saturated rings. The van der Waals surface area contributed by atoms with Crippen LogP contribution in [-0.2, 0) is 6.54 Å². The molecule has 166 valence electrons. The predicted molar refractivity (Wildman–Crippen MR) is 131 cm³/mol. The van der Waals surface area contributed by atoms with Crippen LogP contribution >= 0.6 is 24.0 Å². The second-order valence-electron chi connectivity index (χ2n) is 6.37. The zero-order chi connectivity index (χ0) is 21.1. The second kappa shape index (κ2) is 13.8. The zero-order valence-corrected chi connectivity index (χ0v) is 20.6. The molecule has 0 aliphatic carbocycles. The number of aliphatic imine (C=N–C) groups is 1. The van der Waals surface area contributed by atoms with Crippen molar-refractivity contribution in [1.29, 1.82) is 0 Å². The second-order valence-corrected chi connectivity index (χ2v) is 6.37. The van der Waals surface area contributed by atoms with Gasteiger partial charge < -0.3 is 29.6 Å². The number of nitrogens with zero attached hydrogens (tertiary/aromatic N) is 1. The lowest BCUT2D eigenvalue weighted by molar-refractivity contribution is 0.223. The van der Waals surface area contributed by atoms with Gasteiger partial charge in [-0.1, -0.05) is 6.07 Å². The smallest absolute Gasteiger partial charge is 0.191 e. The summed E-state index contributed by atoms with van der Waals surface area (Å²) in [6, 6.07) is 13.3. The van der Waals surface area contributed by atoms with Gasteiger partial charge in [0.1, 0.15) is 17.6 Å². The number of benzene rings is 2. The fourth-order valence-electron chi connectivity index (χ4n) is 2.66. The molecule has 0 saturated heterocycles. The SMILES string of the molecule is CCNC(=NCc1ccc(OC)c(OC)c1)NCC(C)Oc1ccc(OC)cc1.I. The van der Waals surface area contributed by atoms with Gasteiger partial charge in [-0.15, -0.1) is 24.0 Å². The highest BCUT2D eigenvalue weighted by atomic mass is 127. The molecule has 1 unspecified atom stereocenters. The molecule has 0 aromatic heterocycles. The first-order chi connectivity index (χ1) is 14.1. The third kappa shape index (κ3) is 8.17. The van der Waals surface area contributed by atoms with Crippen LogP contribution in [0.4, 0.5) is 0 Å². The lowest BCUT2D eigenvalue weighted by atomic mass is 10.2. The Hall–Kier alpha value is -2.36. The van der Waals surface area contributed by atoms with Crippen LogP contribution in [0.3, 0.4) is 0 Å². The fraction of sp³-hybridized carbons (Fsp3) is 0.409.